The van der Waals surface area contributed by atoms with Gasteiger partial charge in [0.15, 0.2) is 0 Å². The highest BCUT2D eigenvalue weighted by Gasteiger charge is 2.20. The first kappa shape index (κ1) is 17.9. The van der Waals surface area contributed by atoms with Crippen LogP contribution in [-0.4, -0.2) is 20.2 Å². The highest BCUT2D eigenvalue weighted by Crippen LogP contribution is 2.38. The predicted molar refractivity (Wildman–Crippen MR) is 113 cm³/mol. The number of nitrogens with two attached hydrogens (primary N) is 1. The van der Waals surface area contributed by atoms with Crippen LogP contribution < -0.4 is 5.73 Å². The lowest BCUT2D eigenvalue weighted by Gasteiger charge is -2.10. The van der Waals surface area contributed by atoms with Gasteiger partial charge in [-0.15, -0.1) is 21.5 Å². The van der Waals surface area contributed by atoms with Gasteiger partial charge in [-0.3, -0.25) is 0 Å². The molecule has 4 aromatic rings. The van der Waals surface area contributed by atoms with Crippen LogP contribution in [-0.2, 0) is 18.6 Å². The Bertz CT molecular complexity index is 1160. The van der Waals surface area contributed by atoms with E-state index in [0.717, 1.165) is 28.6 Å². The summed E-state index contributed by atoms with van der Waals surface area (Å²) in [4.78, 5) is 11.7. The molecule has 142 valence electrons. The third-order valence-corrected chi connectivity index (χ3v) is 6.96. The average Bonchev–Trinajstić information content (AvgIpc) is 3.31. The van der Waals surface area contributed by atoms with E-state index in [9.17, 15) is 0 Å². The Kier molecular flexibility index (Phi) is 4.70. The van der Waals surface area contributed by atoms with Gasteiger partial charge >= 0.3 is 0 Å². The molecule has 5 rings (SSSR count). The van der Waals surface area contributed by atoms with Gasteiger partial charge in [0.05, 0.1) is 11.1 Å². The maximum Gasteiger partial charge on any atom is 0.277 e. The highest BCUT2D eigenvalue weighted by molar-refractivity contribution is 7.98. The second-order valence-corrected chi connectivity index (χ2v) is 9.03. The fourth-order valence-electron chi connectivity index (χ4n) is 3.40. The molecular formula is C19H16ClN5OS2. The van der Waals surface area contributed by atoms with Gasteiger partial charge in [-0.05, 0) is 55.5 Å². The molecule has 1 aliphatic carbocycles. The number of aryl methyl sites for hydroxylation is 2. The summed E-state index contributed by atoms with van der Waals surface area (Å²) in [5, 5.41) is 10.4. The van der Waals surface area contributed by atoms with Crippen molar-refractivity contribution in [2.45, 2.75) is 36.7 Å². The number of anilines is 1. The summed E-state index contributed by atoms with van der Waals surface area (Å²) in [6.07, 6.45) is 4.65. The van der Waals surface area contributed by atoms with Crippen LogP contribution in [0.4, 0.5) is 5.82 Å². The minimum Gasteiger partial charge on any atom is -0.411 e. The molecule has 0 radical (unpaired) electrons. The van der Waals surface area contributed by atoms with E-state index in [-0.39, 0.29) is 0 Å². The molecule has 9 heteroatoms. The van der Waals surface area contributed by atoms with Gasteiger partial charge in [0.1, 0.15) is 16.5 Å². The first-order valence-electron chi connectivity index (χ1n) is 8.96. The molecule has 0 unspecified atom stereocenters. The van der Waals surface area contributed by atoms with Crippen molar-refractivity contribution in [3.05, 3.63) is 45.6 Å². The molecule has 28 heavy (non-hydrogen) atoms. The summed E-state index contributed by atoms with van der Waals surface area (Å²) in [7, 11) is 0. The molecule has 0 saturated carbocycles. The summed E-state index contributed by atoms with van der Waals surface area (Å²) in [6.45, 7) is 0. The summed E-state index contributed by atoms with van der Waals surface area (Å²) >= 11 is 9.07. The molecule has 2 N–H and O–H groups in total. The molecule has 0 bridgehead atoms. The Balaban J connectivity index is 1.35. The van der Waals surface area contributed by atoms with Crippen molar-refractivity contribution in [2.24, 2.45) is 0 Å². The smallest absolute Gasteiger partial charge is 0.277 e. The third kappa shape index (κ3) is 3.36. The highest BCUT2D eigenvalue weighted by atomic mass is 35.5. The summed E-state index contributed by atoms with van der Waals surface area (Å²) in [5.74, 6) is 2.23. The van der Waals surface area contributed by atoms with Gasteiger partial charge in [0.2, 0.25) is 5.89 Å². The molecule has 0 amide bonds. The van der Waals surface area contributed by atoms with Crippen molar-refractivity contribution in [3.63, 3.8) is 0 Å². The van der Waals surface area contributed by atoms with Crippen molar-refractivity contribution in [1.29, 1.82) is 0 Å². The Morgan fingerprint density at radius 2 is 1.93 bits per heavy atom. The second-order valence-electron chi connectivity index (χ2n) is 6.58. The fourth-order valence-corrected chi connectivity index (χ4v) is 5.43. The Labute approximate surface area is 174 Å². The van der Waals surface area contributed by atoms with Crippen LogP contribution in [0.5, 0.6) is 0 Å². The van der Waals surface area contributed by atoms with Crippen LogP contribution >= 0.6 is 34.7 Å². The zero-order valence-electron chi connectivity index (χ0n) is 14.8. The quantitative estimate of drug-likeness (QED) is 0.448. The minimum absolute atomic E-state index is 0.459. The van der Waals surface area contributed by atoms with E-state index < -0.39 is 0 Å². The van der Waals surface area contributed by atoms with E-state index in [4.69, 9.17) is 26.7 Å². The lowest BCUT2D eigenvalue weighted by molar-refractivity contribution is 0.465. The van der Waals surface area contributed by atoms with Gasteiger partial charge in [0.25, 0.3) is 5.22 Å². The Morgan fingerprint density at radius 3 is 2.79 bits per heavy atom. The monoisotopic (exact) mass is 429 g/mol. The number of hydrogen-bond donors (Lipinski definition) is 1. The topological polar surface area (TPSA) is 90.7 Å². The van der Waals surface area contributed by atoms with Crippen LogP contribution in [0.2, 0.25) is 5.02 Å². The van der Waals surface area contributed by atoms with Gasteiger partial charge in [-0.2, -0.15) is 0 Å². The number of thiophene rings is 1. The van der Waals surface area contributed by atoms with Crippen molar-refractivity contribution < 1.29 is 4.42 Å². The summed E-state index contributed by atoms with van der Waals surface area (Å²) in [6, 6.07) is 7.28. The number of nitrogen functional groups attached to an aromatic ring is 1. The standard InChI is InChI=1S/C19H16ClN5OS2/c20-11-7-5-10(6-8-11)17-24-25-19(26-17)27-9-14-22-16(21)15-12-3-1-2-4-13(12)28-18(15)23-14/h5-8H,1-4,9H2,(H2,21,22,23). The average molecular weight is 430 g/mol. The van der Waals surface area contributed by atoms with E-state index in [1.165, 1.54) is 35.0 Å². The number of nitrogens with zero attached hydrogens (tertiary/aromatic N) is 4. The largest absolute Gasteiger partial charge is 0.411 e. The van der Waals surface area contributed by atoms with E-state index in [0.29, 0.717) is 33.5 Å². The van der Waals surface area contributed by atoms with Crippen molar-refractivity contribution in [2.75, 3.05) is 5.73 Å². The zero-order chi connectivity index (χ0) is 19.1. The zero-order valence-corrected chi connectivity index (χ0v) is 17.2. The van der Waals surface area contributed by atoms with Crippen LogP contribution in [0, 0.1) is 0 Å². The molecule has 3 aromatic heterocycles. The van der Waals surface area contributed by atoms with Crippen molar-refractivity contribution in [1.82, 2.24) is 20.2 Å². The molecule has 0 saturated heterocycles. The lowest BCUT2D eigenvalue weighted by atomic mass is 9.97. The fraction of sp³-hybridized carbons (Fsp3) is 0.263. The predicted octanol–water partition coefficient (Wildman–Crippen LogP) is 5.15. The van der Waals surface area contributed by atoms with Gasteiger partial charge in [-0.1, -0.05) is 23.4 Å². The van der Waals surface area contributed by atoms with Gasteiger partial charge in [0, 0.05) is 15.5 Å². The molecule has 1 aromatic carbocycles. The maximum atomic E-state index is 6.27. The second kappa shape index (κ2) is 7.35. The number of aromatic nitrogens is 4. The third-order valence-electron chi connectivity index (χ3n) is 4.71. The van der Waals surface area contributed by atoms with E-state index >= 15 is 0 Å². The van der Waals surface area contributed by atoms with E-state index in [1.807, 2.05) is 12.1 Å². The van der Waals surface area contributed by atoms with Crippen molar-refractivity contribution in [3.8, 4) is 11.5 Å². The molecule has 0 fully saturated rings. The Hall–Kier alpha value is -2.16. The number of halogens is 1. The Morgan fingerprint density at radius 1 is 1.11 bits per heavy atom. The number of benzene rings is 1. The van der Waals surface area contributed by atoms with Crippen LogP contribution in [0.1, 0.15) is 29.1 Å². The number of hydrogen-bond acceptors (Lipinski definition) is 8. The SMILES string of the molecule is Nc1nc(CSc2nnc(-c3ccc(Cl)cc3)o2)nc2sc3c(c12)CCCC3. The van der Waals surface area contributed by atoms with Crippen LogP contribution in [0.15, 0.2) is 33.9 Å². The maximum absolute atomic E-state index is 6.27. The lowest BCUT2D eigenvalue weighted by Crippen LogP contribution is -2.02. The van der Waals surface area contributed by atoms with Crippen molar-refractivity contribution >= 4 is 50.7 Å². The first-order chi connectivity index (χ1) is 13.7. The van der Waals surface area contributed by atoms with Gasteiger partial charge < -0.3 is 10.2 Å². The number of rotatable bonds is 4. The van der Waals surface area contributed by atoms with Crippen LogP contribution in [0.3, 0.4) is 0 Å². The van der Waals surface area contributed by atoms with Crippen LogP contribution in [0.25, 0.3) is 21.7 Å². The van der Waals surface area contributed by atoms with Gasteiger partial charge in [-0.25, -0.2) is 9.97 Å². The molecule has 3 heterocycles. The molecule has 1 aliphatic rings. The molecule has 0 aliphatic heterocycles. The molecule has 0 spiro atoms. The number of thioether (sulfide) groups is 1. The number of fused-ring (bicyclic) bond motifs is 3. The first-order valence-corrected chi connectivity index (χ1v) is 11.1. The molecule has 6 nitrogen and oxygen atoms in total. The summed E-state index contributed by atoms with van der Waals surface area (Å²) < 4.78 is 5.73. The van der Waals surface area contributed by atoms with E-state index in [2.05, 4.69) is 15.2 Å². The van der Waals surface area contributed by atoms with E-state index in [1.54, 1.807) is 23.5 Å². The summed E-state index contributed by atoms with van der Waals surface area (Å²) in [5.41, 5.74) is 8.45. The normalized spacial score (nSPS) is 13.8. The minimum atomic E-state index is 0.459. The molecule has 0 atom stereocenters. The molecular weight excluding hydrogens is 414 g/mol.